The lowest BCUT2D eigenvalue weighted by molar-refractivity contribution is 0.182. The van der Waals surface area contributed by atoms with E-state index in [-0.39, 0.29) is 0 Å². The van der Waals surface area contributed by atoms with Gasteiger partial charge in [-0.25, -0.2) is 0 Å². The maximum absolute atomic E-state index is 8.90. The minimum atomic E-state index is 0.536. The summed E-state index contributed by atoms with van der Waals surface area (Å²) < 4.78 is 7.78. The van der Waals surface area contributed by atoms with E-state index in [1.807, 2.05) is 35.3 Å². The molecule has 1 aliphatic rings. The topological polar surface area (TPSA) is 54.1 Å². The van der Waals surface area contributed by atoms with Crippen LogP contribution in [-0.2, 0) is 6.54 Å². The fraction of sp³-hybridized carbons (Fsp3) is 0.412. The summed E-state index contributed by atoms with van der Waals surface area (Å²) in [5, 5.41) is 13.2. The molecular weight excluding hydrogens is 276 g/mol. The highest BCUT2D eigenvalue weighted by Crippen LogP contribution is 2.19. The van der Waals surface area contributed by atoms with Gasteiger partial charge in [0, 0.05) is 25.0 Å². The van der Waals surface area contributed by atoms with E-state index < -0.39 is 0 Å². The molecule has 0 amide bonds. The Kier molecular flexibility index (Phi) is 4.71. The first-order chi connectivity index (χ1) is 10.8. The van der Waals surface area contributed by atoms with Crippen molar-refractivity contribution in [1.29, 1.82) is 5.26 Å². The van der Waals surface area contributed by atoms with Crippen molar-refractivity contribution in [3.8, 4) is 11.8 Å². The van der Waals surface area contributed by atoms with E-state index in [2.05, 4.69) is 16.1 Å². The second-order valence-corrected chi connectivity index (χ2v) is 5.55. The van der Waals surface area contributed by atoms with Gasteiger partial charge in [0.2, 0.25) is 0 Å². The van der Waals surface area contributed by atoms with Crippen LogP contribution in [0.5, 0.6) is 5.75 Å². The summed E-state index contributed by atoms with van der Waals surface area (Å²) in [5.41, 5.74) is 0.634. The number of nitrogens with zero attached hydrogens (tertiary/aromatic N) is 4. The average Bonchev–Trinajstić information content (AvgIpc) is 3.21. The van der Waals surface area contributed by atoms with Gasteiger partial charge in [-0.05, 0) is 43.7 Å². The van der Waals surface area contributed by atoms with Crippen LogP contribution >= 0.6 is 0 Å². The van der Waals surface area contributed by atoms with Crippen LogP contribution in [0.3, 0.4) is 0 Å². The third-order valence-electron chi connectivity index (χ3n) is 4.07. The molecule has 0 saturated carbocycles. The Morgan fingerprint density at radius 1 is 1.36 bits per heavy atom. The Balaban J connectivity index is 1.49. The molecule has 0 aliphatic carbocycles. The van der Waals surface area contributed by atoms with Gasteiger partial charge in [-0.2, -0.15) is 10.4 Å². The Hall–Kier alpha value is -2.32. The number of hydrogen-bond acceptors (Lipinski definition) is 4. The summed E-state index contributed by atoms with van der Waals surface area (Å²) in [6.45, 7) is 3.61. The van der Waals surface area contributed by atoms with Gasteiger partial charge in [0.25, 0.3) is 0 Å². The minimum absolute atomic E-state index is 0.536. The normalized spacial score (nSPS) is 18.2. The van der Waals surface area contributed by atoms with Crippen LogP contribution in [0, 0.1) is 11.3 Å². The standard InChI is InChI=1S/C17H20N4O/c18-13-15-4-1-6-17(12-15)22-11-10-20-8-2-5-16(20)14-21-9-3-7-19-21/h1,3-4,6-7,9,12,16H,2,5,8,10-11,14H2/t16-/m0/s1. The summed E-state index contributed by atoms with van der Waals surface area (Å²) in [4.78, 5) is 2.47. The van der Waals surface area contributed by atoms with Crippen molar-refractivity contribution in [2.24, 2.45) is 0 Å². The maximum Gasteiger partial charge on any atom is 0.120 e. The quantitative estimate of drug-likeness (QED) is 0.821. The van der Waals surface area contributed by atoms with Gasteiger partial charge >= 0.3 is 0 Å². The predicted octanol–water partition coefficient (Wildman–Crippen LogP) is 2.30. The zero-order chi connectivity index (χ0) is 15.2. The largest absolute Gasteiger partial charge is 0.492 e. The van der Waals surface area contributed by atoms with E-state index in [1.54, 1.807) is 12.1 Å². The van der Waals surface area contributed by atoms with Crippen LogP contribution in [0.25, 0.3) is 0 Å². The van der Waals surface area contributed by atoms with Gasteiger partial charge in [0.05, 0.1) is 18.2 Å². The van der Waals surface area contributed by atoms with Crippen LogP contribution < -0.4 is 4.74 Å². The Morgan fingerprint density at radius 3 is 3.14 bits per heavy atom. The highest BCUT2D eigenvalue weighted by Gasteiger charge is 2.24. The molecule has 2 aromatic rings. The second kappa shape index (κ2) is 7.10. The molecule has 1 fully saturated rings. The Bertz CT molecular complexity index is 632. The molecule has 2 heterocycles. The van der Waals surface area contributed by atoms with Crippen LogP contribution in [-0.4, -0.2) is 40.4 Å². The molecule has 114 valence electrons. The van der Waals surface area contributed by atoms with Crippen molar-refractivity contribution in [2.75, 3.05) is 19.7 Å². The van der Waals surface area contributed by atoms with E-state index in [0.717, 1.165) is 25.4 Å². The highest BCUT2D eigenvalue weighted by molar-refractivity contribution is 5.36. The minimum Gasteiger partial charge on any atom is -0.492 e. The summed E-state index contributed by atoms with van der Waals surface area (Å²) in [7, 11) is 0. The van der Waals surface area contributed by atoms with Crippen molar-refractivity contribution in [2.45, 2.75) is 25.4 Å². The molecule has 5 nitrogen and oxygen atoms in total. The molecule has 0 bridgehead atoms. The van der Waals surface area contributed by atoms with Crippen molar-refractivity contribution in [3.05, 3.63) is 48.3 Å². The van der Waals surface area contributed by atoms with Crippen molar-refractivity contribution < 1.29 is 4.74 Å². The maximum atomic E-state index is 8.90. The van der Waals surface area contributed by atoms with Gasteiger partial charge in [-0.1, -0.05) is 6.07 Å². The predicted molar refractivity (Wildman–Crippen MR) is 83.5 cm³/mol. The van der Waals surface area contributed by atoms with Gasteiger partial charge < -0.3 is 4.74 Å². The molecule has 0 unspecified atom stereocenters. The first-order valence-electron chi connectivity index (χ1n) is 7.69. The lowest BCUT2D eigenvalue weighted by Gasteiger charge is -2.24. The van der Waals surface area contributed by atoms with Gasteiger partial charge in [-0.15, -0.1) is 0 Å². The number of rotatable bonds is 6. The highest BCUT2D eigenvalue weighted by atomic mass is 16.5. The zero-order valence-corrected chi connectivity index (χ0v) is 12.6. The number of hydrogen-bond donors (Lipinski definition) is 0. The lowest BCUT2D eigenvalue weighted by Crippen LogP contribution is -2.36. The second-order valence-electron chi connectivity index (χ2n) is 5.55. The fourth-order valence-corrected chi connectivity index (χ4v) is 2.96. The monoisotopic (exact) mass is 296 g/mol. The molecule has 0 spiro atoms. The molecule has 1 aromatic carbocycles. The third-order valence-corrected chi connectivity index (χ3v) is 4.07. The molecule has 5 heteroatoms. The van der Waals surface area contributed by atoms with Crippen molar-refractivity contribution >= 4 is 0 Å². The Morgan fingerprint density at radius 2 is 2.32 bits per heavy atom. The van der Waals surface area contributed by atoms with E-state index >= 15 is 0 Å². The van der Waals surface area contributed by atoms with Gasteiger partial charge in [-0.3, -0.25) is 9.58 Å². The van der Waals surface area contributed by atoms with Gasteiger partial charge in [0.15, 0.2) is 0 Å². The summed E-state index contributed by atoms with van der Waals surface area (Å²) in [6, 6.07) is 11.9. The lowest BCUT2D eigenvalue weighted by atomic mass is 10.2. The fourth-order valence-electron chi connectivity index (χ4n) is 2.96. The van der Waals surface area contributed by atoms with Crippen LogP contribution in [0.2, 0.25) is 0 Å². The molecule has 22 heavy (non-hydrogen) atoms. The summed E-state index contributed by atoms with van der Waals surface area (Å²) >= 11 is 0. The van der Waals surface area contributed by atoms with Crippen LogP contribution in [0.15, 0.2) is 42.7 Å². The molecule has 0 N–H and O–H groups in total. The van der Waals surface area contributed by atoms with E-state index in [0.29, 0.717) is 18.2 Å². The zero-order valence-electron chi connectivity index (χ0n) is 12.6. The number of nitriles is 1. The number of benzene rings is 1. The first kappa shape index (κ1) is 14.6. The van der Waals surface area contributed by atoms with Crippen LogP contribution in [0.4, 0.5) is 0 Å². The number of aromatic nitrogens is 2. The molecule has 1 aliphatic heterocycles. The average molecular weight is 296 g/mol. The molecule has 0 radical (unpaired) electrons. The first-order valence-corrected chi connectivity index (χ1v) is 7.69. The van der Waals surface area contributed by atoms with E-state index in [1.165, 1.54) is 12.8 Å². The van der Waals surface area contributed by atoms with Crippen molar-refractivity contribution in [1.82, 2.24) is 14.7 Å². The smallest absolute Gasteiger partial charge is 0.120 e. The number of ether oxygens (including phenoxy) is 1. The van der Waals surface area contributed by atoms with E-state index in [9.17, 15) is 0 Å². The molecule has 1 saturated heterocycles. The SMILES string of the molecule is N#Cc1cccc(OCCN2CCC[C@H]2Cn2cccn2)c1. The molecule has 1 aromatic heterocycles. The van der Waals surface area contributed by atoms with E-state index in [4.69, 9.17) is 10.00 Å². The van der Waals surface area contributed by atoms with Crippen LogP contribution in [0.1, 0.15) is 18.4 Å². The van der Waals surface area contributed by atoms with Crippen molar-refractivity contribution in [3.63, 3.8) is 0 Å². The summed E-state index contributed by atoms with van der Waals surface area (Å²) in [6.07, 6.45) is 6.28. The molecule has 3 rings (SSSR count). The molecule has 1 atom stereocenters. The Labute approximate surface area is 130 Å². The van der Waals surface area contributed by atoms with Gasteiger partial charge in [0.1, 0.15) is 12.4 Å². The third kappa shape index (κ3) is 3.66. The molecular formula is C17H20N4O. The summed E-state index contributed by atoms with van der Waals surface area (Å²) in [5.74, 6) is 0.766. The number of likely N-dealkylation sites (tertiary alicyclic amines) is 1.